The Labute approximate surface area is 176 Å². The van der Waals surface area contributed by atoms with Crippen LogP contribution in [0.25, 0.3) is 16.8 Å². The van der Waals surface area contributed by atoms with Crippen molar-refractivity contribution in [2.75, 3.05) is 10.0 Å². The van der Waals surface area contributed by atoms with Gasteiger partial charge in [-0.05, 0) is 42.5 Å². The third-order valence-electron chi connectivity index (χ3n) is 4.07. The van der Waals surface area contributed by atoms with Crippen LogP contribution in [0.3, 0.4) is 0 Å². The second kappa shape index (κ2) is 7.73. The second-order valence-electron chi connectivity index (χ2n) is 6.36. The number of anilines is 2. The van der Waals surface area contributed by atoms with Crippen molar-refractivity contribution in [3.63, 3.8) is 0 Å². The van der Waals surface area contributed by atoms with Crippen molar-refractivity contribution in [2.45, 2.75) is 11.8 Å². The first-order chi connectivity index (χ1) is 14.3. The minimum absolute atomic E-state index is 0.00701. The quantitative estimate of drug-likeness (QED) is 0.490. The number of benzene rings is 1. The van der Waals surface area contributed by atoms with Crippen LogP contribution in [0.15, 0.2) is 66.0 Å². The first-order valence-electron chi connectivity index (χ1n) is 8.68. The van der Waals surface area contributed by atoms with Crippen LogP contribution in [-0.2, 0) is 14.8 Å². The van der Waals surface area contributed by atoms with E-state index in [-0.39, 0.29) is 16.8 Å². The molecule has 0 fully saturated rings. The van der Waals surface area contributed by atoms with Gasteiger partial charge in [-0.25, -0.2) is 12.9 Å². The van der Waals surface area contributed by atoms with Crippen molar-refractivity contribution in [3.05, 3.63) is 66.1 Å². The minimum atomic E-state index is -3.85. The number of carbonyl (C=O) groups excluding carboxylic acids is 1. The molecule has 3 aromatic heterocycles. The Kier molecular flexibility index (Phi) is 5.10. The summed E-state index contributed by atoms with van der Waals surface area (Å²) in [5, 5.41) is 7.21. The standard InChI is InChI=1S/C19H15ClN6O3S/c1-12(27)22-19-23-18-7-2-13(11-26(18)24-19)14-8-17(10-21-9-14)30(28,29)25-16-5-3-15(20)4-6-16/h2-11,25H,1H3,(H,22,24,27). The van der Waals surface area contributed by atoms with Crippen LogP contribution in [0.1, 0.15) is 6.92 Å². The molecule has 0 aliphatic rings. The number of amides is 1. The van der Waals surface area contributed by atoms with Gasteiger partial charge in [-0.15, -0.1) is 5.10 Å². The molecule has 0 saturated heterocycles. The fraction of sp³-hybridized carbons (Fsp3) is 0.0526. The van der Waals surface area contributed by atoms with Crippen LogP contribution in [0, 0.1) is 0 Å². The predicted molar refractivity (Wildman–Crippen MR) is 113 cm³/mol. The molecule has 0 saturated carbocycles. The van der Waals surface area contributed by atoms with Crippen molar-refractivity contribution in [1.82, 2.24) is 19.6 Å². The van der Waals surface area contributed by atoms with E-state index in [1.165, 1.54) is 23.7 Å². The topological polar surface area (TPSA) is 118 Å². The smallest absolute Gasteiger partial charge is 0.263 e. The molecular weight excluding hydrogens is 428 g/mol. The van der Waals surface area contributed by atoms with Gasteiger partial charge in [-0.3, -0.25) is 19.8 Å². The van der Waals surface area contributed by atoms with Crippen molar-refractivity contribution in [3.8, 4) is 11.1 Å². The Hall–Kier alpha value is -3.50. The Morgan fingerprint density at radius 2 is 1.83 bits per heavy atom. The van der Waals surface area contributed by atoms with Gasteiger partial charge in [-0.1, -0.05) is 11.6 Å². The lowest BCUT2D eigenvalue weighted by Crippen LogP contribution is -2.13. The van der Waals surface area contributed by atoms with E-state index < -0.39 is 10.0 Å². The molecule has 1 aromatic carbocycles. The van der Waals surface area contributed by atoms with Crippen LogP contribution in [0.2, 0.25) is 5.02 Å². The number of carbonyl (C=O) groups is 1. The molecule has 152 valence electrons. The third kappa shape index (κ3) is 4.24. The van der Waals surface area contributed by atoms with Gasteiger partial charge in [0.1, 0.15) is 4.90 Å². The Morgan fingerprint density at radius 3 is 2.57 bits per heavy atom. The first-order valence-corrected chi connectivity index (χ1v) is 10.5. The molecule has 1 amide bonds. The largest absolute Gasteiger partial charge is 0.293 e. The number of hydrogen-bond acceptors (Lipinski definition) is 6. The lowest BCUT2D eigenvalue weighted by atomic mass is 10.1. The van der Waals surface area contributed by atoms with Crippen LogP contribution in [-0.4, -0.2) is 33.9 Å². The van der Waals surface area contributed by atoms with Crippen LogP contribution >= 0.6 is 11.6 Å². The summed E-state index contributed by atoms with van der Waals surface area (Å²) in [7, 11) is -3.85. The van der Waals surface area contributed by atoms with E-state index in [9.17, 15) is 13.2 Å². The lowest BCUT2D eigenvalue weighted by Gasteiger charge is -2.09. The third-order valence-corrected chi connectivity index (χ3v) is 5.67. The van der Waals surface area contributed by atoms with Crippen molar-refractivity contribution < 1.29 is 13.2 Å². The van der Waals surface area contributed by atoms with Crippen LogP contribution in [0.5, 0.6) is 0 Å². The van der Waals surface area contributed by atoms with Gasteiger partial charge >= 0.3 is 0 Å². The summed E-state index contributed by atoms with van der Waals surface area (Å²) in [6.45, 7) is 1.37. The molecule has 0 atom stereocenters. The summed E-state index contributed by atoms with van der Waals surface area (Å²) in [5.74, 6) is -0.0947. The number of aromatic nitrogens is 4. The maximum Gasteiger partial charge on any atom is 0.263 e. The zero-order valence-corrected chi connectivity index (χ0v) is 17.1. The van der Waals surface area contributed by atoms with E-state index in [4.69, 9.17) is 11.6 Å². The number of halogens is 1. The zero-order chi connectivity index (χ0) is 21.3. The van der Waals surface area contributed by atoms with Gasteiger partial charge in [0.25, 0.3) is 10.0 Å². The molecular formula is C19H15ClN6O3S. The summed E-state index contributed by atoms with van der Waals surface area (Å²) < 4.78 is 29.5. The van der Waals surface area contributed by atoms with Crippen molar-refractivity contribution >= 4 is 44.8 Å². The van der Waals surface area contributed by atoms with E-state index in [0.29, 0.717) is 27.5 Å². The van der Waals surface area contributed by atoms with E-state index in [2.05, 4.69) is 25.1 Å². The van der Waals surface area contributed by atoms with Gasteiger partial charge in [0.05, 0.1) is 0 Å². The van der Waals surface area contributed by atoms with Gasteiger partial charge < -0.3 is 0 Å². The SMILES string of the molecule is CC(=O)Nc1nc2ccc(-c3cncc(S(=O)(=O)Nc4ccc(Cl)cc4)c3)cn2n1. The summed E-state index contributed by atoms with van der Waals surface area (Å²) in [6.07, 6.45) is 4.49. The number of sulfonamides is 1. The average Bonchev–Trinajstić information content (AvgIpc) is 3.10. The average molecular weight is 443 g/mol. The summed E-state index contributed by atoms with van der Waals surface area (Å²) in [6, 6.07) is 11.3. The molecule has 0 spiro atoms. The molecule has 0 unspecified atom stereocenters. The molecule has 3 heterocycles. The first kappa shape index (κ1) is 19.8. The molecule has 4 rings (SSSR count). The fourth-order valence-electron chi connectivity index (χ4n) is 2.72. The zero-order valence-electron chi connectivity index (χ0n) is 15.6. The van der Waals surface area contributed by atoms with E-state index in [0.717, 1.165) is 0 Å². The molecule has 0 radical (unpaired) electrons. The number of nitrogens with zero attached hydrogens (tertiary/aromatic N) is 4. The molecule has 11 heteroatoms. The Balaban J connectivity index is 1.65. The highest BCUT2D eigenvalue weighted by Gasteiger charge is 2.16. The van der Waals surface area contributed by atoms with Crippen LogP contribution in [0.4, 0.5) is 11.6 Å². The van der Waals surface area contributed by atoms with E-state index >= 15 is 0 Å². The molecule has 0 bridgehead atoms. The van der Waals surface area contributed by atoms with Gasteiger partial charge in [-0.2, -0.15) is 4.98 Å². The van der Waals surface area contributed by atoms with Gasteiger partial charge in [0.15, 0.2) is 5.65 Å². The maximum absolute atomic E-state index is 12.7. The van der Waals surface area contributed by atoms with Crippen molar-refractivity contribution in [1.29, 1.82) is 0 Å². The predicted octanol–water partition coefficient (Wildman–Crippen LogP) is 3.20. The molecule has 2 N–H and O–H groups in total. The fourth-order valence-corrected chi connectivity index (χ4v) is 3.89. The second-order valence-corrected chi connectivity index (χ2v) is 8.48. The van der Waals surface area contributed by atoms with Gasteiger partial charge in [0.2, 0.25) is 11.9 Å². The summed E-state index contributed by atoms with van der Waals surface area (Å²) >= 11 is 5.84. The van der Waals surface area contributed by atoms with Crippen LogP contribution < -0.4 is 10.0 Å². The minimum Gasteiger partial charge on any atom is -0.293 e. The highest BCUT2D eigenvalue weighted by Crippen LogP contribution is 2.24. The lowest BCUT2D eigenvalue weighted by molar-refractivity contribution is -0.114. The molecule has 9 nitrogen and oxygen atoms in total. The molecule has 30 heavy (non-hydrogen) atoms. The highest BCUT2D eigenvalue weighted by molar-refractivity contribution is 7.92. The maximum atomic E-state index is 12.7. The Morgan fingerprint density at radius 1 is 1.07 bits per heavy atom. The van der Waals surface area contributed by atoms with Crippen molar-refractivity contribution in [2.24, 2.45) is 0 Å². The number of nitrogens with one attached hydrogen (secondary N) is 2. The molecule has 0 aliphatic carbocycles. The normalized spacial score (nSPS) is 11.4. The number of hydrogen-bond donors (Lipinski definition) is 2. The summed E-state index contributed by atoms with van der Waals surface area (Å²) in [5.41, 5.74) is 2.17. The van der Waals surface area contributed by atoms with Gasteiger partial charge in [0, 0.05) is 47.4 Å². The number of fused-ring (bicyclic) bond motifs is 1. The highest BCUT2D eigenvalue weighted by atomic mass is 35.5. The number of pyridine rings is 2. The monoisotopic (exact) mass is 442 g/mol. The Bertz CT molecular complexity index is 1350. The number of rotatable bonds is 5. The molecule has 4 aromatic rings. The van der Waals surface area contributed by atoms with E-state index in [1.807, 2.05) is 0 Å². The van der Waals surface area contributed by atoms with E-state index in [1.54, 1.807) is 48.8 Å². The summed E-state index contributed by atoms with van der Waals surface area (Å²) in [4.78, 5) is 19.4. The molecule has 0 aliphatic heterocycles.